The molecular weight excluding hydrogens is 1350 g/mol. The van der Waals surface area contributed by atoms with E-state index in [1.807, 2.05) is 0 Å². The van der Waals surface area contributed by atoms with Crippen molar-refractivity contribution in [1.29, 1.82) is 0 Å². The van der Waals surface area contributed by atoms with Crippen molar-refractivity contribution in [2.24, 2.45) is 23.3 Å². The maximum atomic E-state index is 16.2. The van der Waals surface area contributed by atoms with Crippen molar-refractivity contribution in [1.82, 2.24) is 52.0 Å². The molecule has 0 spiro atoms. The van der Waals surface area contributed by atoms with Crippen LogP contribution >= 0.6 is 0 Å². The zero-order valence-electron chi connectivity index (χ0n) is 58.8. The van der Waals surface area contributed by atoms with Crippen molar-refractivity contribution >= 4 is 87.1 Å². The number of methoxy groups -OCH3 is 1. The molecule has 1 aliphatic carbocycles. The molecule has 5 aromatic rings. The molecule has 2 bridgehead atoms. The van der Waals surface area contributed by atoms with Crippen molar-refractivity contribution in [2.45, 2.75) is 184 Å². The Hall–Kier alpha value is -10.3. The summed E-state index contributed by atoms with van der Waals surface area (Å²) in [5.74, 6) is -13.6. The minimum atomic E-state index is -1.89. The van der Waals surface area contributed by atoms with Gasteiger partial charge in [-0.3, -0.25) is 57.5 Å². The first-order valence-electron chi connectivity index (χ1n) is 35.0. The van der Waals surface area contributed by atoms with Crippen molar-refractivity contribution in [3.63, 3.8) is 0 Å². The molecule has 12 atom stereocenters. The number of benzene rings is 4. The van der Waals surface area contributed by atoms with E-state index in [1.54, 1.807) is 67.6 Å². The number of nitrogens with one attached hydrogen (secondary N) is 8. The average Bonchev–Trinajstić information content (AvgIpc) is 1.57. The Kier molecular flexibility index (Phi) is 26.0. The van der Waals surface area contributed by atoms with Crippen LogP contribution in [0.25, 0.3) is 16.5 Å². The van der Waals surface area contributed by atoms with Crippen molar-refractivity contribution in [3.05, 3.63) is 142 Å². The number of hydrogen-bond acceptors (Lipinski definition) is 15. The zero-order chi connectivity index (χ0) is 75.3. The van der Waals surface area contributed by atoms with Crippen LogP contribution in [0.15, 0.2) is 97.2 Å². The van der Waals surface area contributed by atoms with E-state index in [0.29, 0.717) is 68.4 Å². The number of ketones is 2. The highest BCUT2D eigenvalue weighted by molar-refractivity contribution is 6.01. The Morgan fingerprint density at radius 3 is 2.18 bits per heavy atom. The number of halogens is 3. The number of fused-ring (bicyclic) bond motifs is 6. The Bertz CT molecular complexity index is 4110. The van der Waals surface area contributed by atoms with Crippen LogP contribution in [0.5, 0.6) is 5.75 Å². The summed E-state index contributed by atoms with van der Waals surface area (Å²) in [6.07, 6.45) is -2.35. The number of hydrogen-bond donors (Lipinski definition) is 11. The largest absolute Gasteiger partial charge is 0.497 e. The number of nitrogens with two attached hydrogens (primary N) is 2. The van der Waals surface area contributed by atoms with E-state index >= 15 is 23.2 Å². The Morgan fingerprint density at radius 2 is 1.47 bits per heavy atom. The lowest BCUT2D eigenvalue weighted by atomic mass is 9.84. The van der Waals surface area contributed by atoms with Crippen LogP contribution in [-0.2, 0) is 89.8 Å². The average molecular weight is 1440 g/mol. The predicted molar refractivity (Wildman–Crippen MR) is 375 cm³/mol. The van der Waals surface area contributed by atoms with Gasteiger partial charge < -0.3 is 73.3 Å². The van der Waals surface area contributed by atoms with Gasteiger partial charge in [-0.1, -0.05) is 48.5 Å². The number of nitrogens with zero attached hydrogens (tertiary/aromatic N) is 2. The van der Waals surface area contributed by atoms with Crippen LogP contribution in [0.1, 0.15) is 125 Å². The summed E-state index contributed by atoms with van der Waals surface area (Å²) in [7, 11) is 1.45. The van der Waals surface area contributed by atoms with E-state index in [1.165, 1.54) is 62.4 Å². The number of aliphatic hydroxyl groups is 1. The molecule has 4 aromatic carbocycles. The molecule has 2 saturated heterocycles. The van der Waals surface area contributed by atoms with E-state index in [4.69, 9.17) is 16.2 Å². The quantitative estimate of drug-likeness (QED) is 0.0712. The van der Waals surface area contributed by atoms with E-state index in [0.717, 1.165) is 11.8 Å². The summed E-state index contributed by atoms with van der Waals surface area (Å²) >= 11 is 0. The lowest BCUT2D eigenvalue weighted by Crippen LogP contribution is -2.62. The van der Waals surface area contributed by atoms with Gasteiger partial charge in [0.15, 0.2) is 11.6 Å². The second kappa shape index (κ2) is 34.8. The van der Waals surface area contributed by atoms with E-state index in [9.17, 15) is 52.6 Å². The minimum absolute atomic E-state index is 0.0200. The van der Waals surface area contributed by atoms with E-state index < -0.39 is 186 Å². The minimum Gasteiger partial charge on any atom is -0.497 e. The molecule has 0 unspecified atom stereocenters. The molecule has 29 heteroatoms. The first-order chi connectivity index (χ1) is 49.5. The number of amides is 10. The van der Waals surface area contributed by atoms with Gasteiger partial charge in [-0.2, -0.15) is 0 Å². The van der Waals surface area contributed by atoms with Crippen LogP contribution in [0.2, 0.25) is 0 Å². The molecule has 26 nitrogen and oxygen atoms in total. The van der Waals surface area contributed by atoms with Crippen LogP contribution in [0.3, 0.4) is 0 Å². The fraction of sp³-hybridized carbons (Fsp3) is 0.467. The molecule has 10 amide bonds. The first-order valence-corrected chi connectivity index (χ1v) is 35.0. The van der Waals surface area contributed by atoms with Gasteiger partial charge in [0.1, 0.15) is 59.8 Å². The second-order valence-electron chi connectivity index (χ2n) is 27.7. The predicted octanol–water partition coefficient (Wildman–Crippen LogP) is 2.95. The SMILES string of the molecule is COc1ccc(C[C@@H]2NC(=O)[C@H]([C@@H](C)O)NC(=O)[C@@H]3C[C@H](F)CN3C(=O)[C@H](CC3=CCc4ccc(F)cc43)NC(=O)[C@H](Cc3c[nH]c4ccc(F)cc34)CC(=O)[C@@H](C)NC(=O)[C@H](CCCCN)NC(=O)[C@@H](NC(C)=O)CC(=O)NCc3cccc(c3)C[C@@H](C(N)=O)CC(=O)[C@]3(C)CCCN3C2=O)cc1. The number of rotatable bonds is 14. The molecule has 556 valence electrons. The number of carbonyl (C=O) groups excluding carboxylic acids is 12. The van der Waals surface area contributed by atoms with Crippen molar-refractivity contribution in [2.75, 3.05) is 26.7 Å². The van der Waals surface area contributed by atoms with Crippen molar-refractivity contribution in [3.8, 4) is 5.75 Å². The molecule has 3 aliphatic heterocycles. The van der Waals surface area contributed by atoms with Crippen LogP contribution < -0.4 is 53.4 Å². The smallest absolute Gasteiger partial charge is 0.246 e. The normalized spacial score (nSPS) is 25.8. The maximum absolute atomic E-state index is 16.2. The summed E-state index contributed by atoms with van der Waals surface area (Å²) in [4.78, 5) is 179. The van der Waals surface area contributed by atoms with Gasteiger partial charge in [0.05, 0.1) is 37.8 Å². The Morgan fingerprint density at radius 1 is 0.769 bits per heavy atom. The molecule has 1 aromatic heterocycles. The van der Waals surface area contributed by atoms with Gasteiger partial charge in [-0.05, 0) is 160 Å². The number of aromatic amines is 1. The third kappa shape index (κ3) is 19.5. The number of ether oxygens (including phenoxy) is 1. The molecule has 2 fully saturated rings. The fourth-order valence-electron chi connectivity index (χ4n) is 14.1. The molecule has 9 rings (SSSR count). The van der Waals surface area contributed by atoms with Gasteiger partial charge in [-0.25, -0.2) is 13.2 Å². The molecule has 13 N–H and O–H groups in total. The molecule has 4 heterocycles. The van der Waals surface area contributed by atoms with Gasteiger partial charge in [0.2, 0.25) is 59.1 Å². The lowest BCUT2D eigenvalue weighted by molar-refractivity contribution is -0.147. The summed E-state index contributed by atoms with van der Waals surface area (Å²) in [5, 5.41) is 30.1. The molecule has 104 heavy (non-hydrogen) atoms. The number of unbranched alkanes of at least 4 members (excludes halogenated alkanes) is 1. The summed E-state index contributed by atoms with van der Waals surface area (Å²) in [5.41, 5.74) is 14.0. The lowest BCUT2D eigenvalue weighted by Gasteiger charge is -2.37. The highest BCUT2D eigenvalue weighted by atomic mass is 19.1. The monoisotopic (exact) mass is 1440 g/mol. The number of H-pyrrole nitrogens is 1. The Balaban J connectivity index is 1.09. The number of Topliss-reactive ketones (excluding diaryl/α,β-unsaturated/α-hetero) is 2. The number of primary amides is 1. The molecular formula is C75H91F3N12O14. The number of carbonyl (C=O) groups is 12. The van der Waals surface area contributed by atoms with E-state index in [2.05, 4.69) is 42.2 Å². The van der Waals surface area contributed by atoms with Gasteiger partial charge in [-0.15, -0.1) is 0 Å². The number of aliphatic hydroxyl groups excluding tert-OH is 1. The fourth-order valence-corrected chi connectivity index (χ4v) is 14.1. The maximum Gasteiger partial charge on any atom is 0.246 e. The Labute approximate surface area is 599 Å². The zero-order valence-corrected chi connectivity index (χ0v) is 58.8. The summed E-state index contributed by atoms with van der Waals surface area (Å²) < 4.78 is 51.6. The number of alkyl halides is 1. The molecule has 0 radical (unpaired) electrons. The van der Waals surface area contributed by atoms with Gasteiger partial charge >= 0.3 is 0 Å². The van der Waals surface area contributed by atoms with Crippen LogP contribution in [0, 0.1) is 23.5 Å². The number of aromatic nitrogens is 1. The topological polar surface area (TPSA) is 393 Å². The third-order valence-electron chi connectivity index (χ3n) is 20.0. The van der Waals surface area contributed by atoms with Crippen molar-refractivity contribution < 1.29 is 80.5 Å². The third-order valence-corrected chi connectivity index (χ3v) is 20.0. The molecule has 0 saturated carbocycles. The van der Waals surface area contributed by atoms with Crippen LogP contribution in [0.4, 0.5) is 13.2 Å². The van der Waals surface area contributed by atoms with Gasteiger partial charge in [0, 0.05) is 81.1 Å². The number of allylic oxidation sites excluding steroid dienone is 1. The highest BCUT2D eigenvalue weighted by Gasteiger charge is 2.49. The highest BCUT2D eigenvalue weighted by Crippen LogP contribution is 2.36. The second-order valence-corrected chi connectivity index (χ2v) is 27.7. The first kappa shape index (κ1) is 77.9. The van der Waals surface area contributed by atoms with Gasteiger partial charge in [0.25, 0.3) is 0 Å². The summed E-state index contributed by atoms with van der Waals surface area (Å²) in [6, 6.07) is 9.95. The standard InChI is InChI=1S/C75H91F3N12O14/c1-40-63(93)31-49(29-50-38-81-57-22-19-52(77)34-56(50)57)68(97)86-61(30-47-16-15-46-17-18-51(76)33-55(46)47)73(102)89-39-53(78)35-62(89)71(100)88-66(41(2)91)72(101)87-60(28-43-13-20-54(104-5)21-14-43)74(103)90-25-9-23-75(90,4)64(94)32-48(67(80)96)27-44-10-8-11-45(26-44)37-82-65(95)36-59(84-42(3)92)70(99)85-58(69(98)83-40)12-6-7-24-79/h8,10-11,13-14,16-22,26,33-34,38,40-41,48-49,53,58-62,66,81,91H,6-7,9,12,15,23-25,27-32,35-37,39,79H2,1-5H3,(H2,80,96)(H,82,95)(H,83,98)(H,84,92)(H,85,99)(H,86,97)(H,87,101)(H,88,100)/t40-,41-,48-,49-,53+,58+,59+,60+,61+,62+,66+,75+/m1/s1. The van der Waals surface area contributed by atoms with E-state index in [-0.39, 0.29) is 71.0 Å². The molecule has 4 aliphatic rings. The summed E-state index contributed by atoms with van der Waals surface area (Å²) in [6.45, 7) is 4.55. The van der Waals surface area contributed by atoms with Crippen LogP contribution in [-0.4, -0.2) is 177 Å².